The van der Waals surface area contributed by atoms with Crippen molar-refractivity contribution in [1.29, 1.82) is 0 Å². The van der Waals surface area contributed by atoms with Crippen molar-refractivity contribution in [3.63, 3.8) is 0 Å². The smallest absolute Gasteiger partial charge is 0.159 e. The number of hydrogen-bond donors (Lipinski definition) is 0. The van der Waals surface area contributed by atoms with Crippen LogP contribution in [0.15, 0.2) is 37.3 Å². The number of nitrogens with zero attached hydrogens (tertiary/aromatic N) is 4. The normalized spacial score (nSPS) is 17.5. The maximum atomic E-state index is 12.9. The Bertz CT molecular complexity index is 561. The van der Waals surface area contributed by atoms with E-state index < -0.39 is 0 Å². The molecular weight excluding hydrogens is 264 g/mol. The van der Waals surface area contributed by atoms with E-state index in [1.165, 1.54) is 6.42 Å². The third kappa shape index (κ3) is 3.35. The third-order valence-corrected chi connectivity index (χ3v) is 4.24. The van der Waals surface area contributed by atoms with Crippen LogP contribution < -0.4 is 0 Å². The summed E-state index contributed by atoms with van der Waals surface area (Å²) >= 11 is 0. The van der Waals surface area contributed by atoms with Crippen LogP contribution in [0.3, 0.4) is 0 Å². The molecule has 1 unspecified atom stereocenters. The summed E-state index contributed by atoms with van der Waals surface area (Å²) in [5.41, 5.74) is 0.848. The number of Topliss-reactive ketones (excluding diaryl/α,β-unsaturated/α-hetero) is 1. The van der Waals surface area contributed by atoms with Crippen LogP contribution in [0.25, 0.3) is 0 Å². The molecule has 2 aromatic rings. The fraction of sp³-hybridized carbons (Fsp3) is 0.500. The molecule has 1 aliphatic carbocycles. The highest BCUT2D eigenvalue weighted by Gasteiger charge is 2.29. The van der Waals surface area contributed by atoms with E-state index in [-0.39, 0.29) is 12.0 Å². The summed E-state index contributed by atoms with van der Waals surface area (Å²) < 4.78 is 1.91. The summed E-state index contributed by atoms with van der Waals surface area (Å²) in [5, 5.41) is 0. The van der Waals surface area contributed by atoms with E-state index >= 15 is 0 Å². The molecule has 1 atom stereocenters. The van der Waals surface area contributed by atoms with Crippen molar-refractivity contribution >= 4 is 5.78 Å². The fourth-order valence-electron chi connectivity index (χ4n) is 3.10. The molecule has 0 aliphatic heterocycles. The van der Waals surface area contributed by atoms with Gasteiger partial charge in [0.05, 0.1) is 18.1 Å². The predicted octanol–water partition coefficient (Wildman–Crippen LogP) is 2.61. The van der Waals surface area contributed by atoms with Gasteiger partial charge in [0.15, 0.2) is 5.78 Å². The zero-order valence-electron chi connectivity index (χ0n) is 12.1. The van der Waals surface area contributed by atoms with Gasteiger partial charge >= 0.3 is 0 Å². The second kappa shape index (κ2) is 6.61. The van der Waals surface area contributed by atoms with Gasteiger partial charge in [0.1, 0.15) is 0 Å². The van der Waals surface area contributed by atoms with Crippen molar-refractivity contribution in [2.24, 2.45) is 5.92 Å². The highest BCUT2D eigenvalue weighted by molar-refractivity contribution is 5.85. The Hall–Kier alpha value is -2.04. The molecule has 0 amide bonds. The molecule has 2 heterocycles. The SMILES string of the molecule is O=C(C1CCCCC1)C(Cc1cnccn1)n1ccnc1. The lowest BCUT2D eigenvalue weighted by Gasteiger charge is -2.26. The highest BCUT2D eigenvalue weighted by atomic mass is 16.1. The summed E-state index contributed by atoms with van der Waals surface area (Å²) in [7, 11) is 0. The number of carbonyl (C=O) groups is 1. The molecule has 3 rings (SSSR count). The first-order chi connectivity index (χ1) is 10.3. The van der Waals surface area contributed by atoms with Crippen LogP contribution in [0, 0.1) is 5.92 Å². The Morgan fingerprint density at radius 2 is 2.05 bits per heavy atom. The van der Waals surface area contributed by atoms with Gasteiger partial charge in [-0.2, -0.15) is 0 Å². The standard InChI is InChI=1S/C16H20N4O/c21-16(13-4-2-1-3-5-13)15(20-9-8-18-12-20)10-14-11-17-6-7-19-14/h6-9,11-13,15H,1-5,10H2. The van der Waals surface area contributed by atoms with Gasteiger partial charge in [-0.1, -0.05) is 19.3 Å². The first kappa shape index (κ1) is 13.9. The van der Waals surface area contributed by atoms with Crippen molar-refractivity contribution in [3.05, 3.63) is 43.0 Å². The molecule has 0 aromatic carbocycles. The van der Waals surface area contributed by atoms with Crippen molar-refractivity contribution < 1.29 is 4.79 Å². The Morgan fingerprint density at radius 3 is 2.71 bits per heavy atom. The molecule has 0 bridgehead atoms. The topological polar surface area (TPSA) is 60.7 Å². The summed E-state index contributed by atoms with van der Waals surface area (Å²) in [6.45, 7) is 0. The number of carbonyl (C=O) groups excluding carboxylic acids is 1. The fourth-order valence-corrected chi connectivity index (χ4v) is 3.10. The van der Waals surface area contributed by atoms with Crippen molar-refractivity contribution in [3.8, 4) is 0 Å². The molecule has 5 nitrogen and oxygen atoms in total. The number of rotatable bonds is 5. The van der Waals surface area contributed by atoms with E-state index in [9.17, 15) is 4.79 Å². The maximum Gasteiger partial charge on any atom is 0.159 e. The summed E-state index contributed by atoms with van der Waals surface area (Å²) in [6, 6.07) is -0.215. The lowest BCUT2D eigenvalue weighted by atomic mass is 9.83. The van der Waals surface area contributed by atoms with Gasteiger partial charge in [0, 0.05) is 43.3 Å². The second-order valence-electron chi connectivity index (χ2n) is 5.66. The van der Waals surface area contributed by atoms with Crippen LogP contribution in [0.4, 0.5) is 0 Å². The molecular formula is C16H20N4O. The Balaban J connectivity index is 1.80. The Morgan fingerprint density at radius 1 is 1.19 bits per heavy atom. The largest absolute Gasteiger partial charge is 0.327 e. The van der Waals surface area contributed by atoms with Gasteiger partial charge in [-0.05, 0) is 12.8 Å². The summed E-state index contributed by atoms with van der Waals surface area (Å²) in [6.07, 6.45) is 16.6. The molecule has 110 valence electrons. The summed E-state index contributed by atoms with van der Waals surface area (Å²) in [5.74, 6) is 0.501. The minimum absolute atomic E-state index is 0.183. The van der Waals surface area contributed by atoms with Crippen LogP contribution in [-0.2, 0) is 11.2 Å². The molecule has 0 radical (unpaired) electrons. The zero-order valence-corrected chi connectivity index (χ0v) is 12.1. The van der Waals surface area contributed by atoms with Gasteiger partial charge in [-0.25, -0.2) is 4.98 Å². The average Bonchev–Trinajstić information content (AvgIpc) is 3.08. The minimum Gasteiger partial charge on any atom is -0.327 e. The van der Waals surface area contributed by atoms with E-state index in [0.717, 1.165) is 31.4 Å². The van der Waals surface area contributed by atoms with Crippen molar-refractivity contribution in [2.75, 3.05) is 0 Å². The van der Waals surface area contributed by atoms with Crippen LogP contribution in [0.5, 0.6) is 0 Å². The molecule has 0 saturated heterocycles. The summed E-state index contributed by atoms with van der Waals surface area (Å²) in [4.78, 5) is 25.4. The van der Waals surface area contributed by atoms with Crippen molar-refractivity contribution in [2.45, 2.75) is 44.6 Å². The van der Waals surface area contributed by atoms with Crippen LogP contribution in [-0.4, -0.2) is 25.3 Å². The van der Waals surface area contributed by atoms with Gasteiger partial charge in [-0.3, -0.25) is 14.8 Å². The first-order valence-electron chi connectivity index (χ1n) is 7.60. The monoisotopic (exact) mass is 284 g/mol. The minimum atomic E-state index is -0.215. The lowest BCUT2D eigenvalue weighted by molar-refractivity contribution is -0.127. The highest BCUT2D eigenvalue weighted by Crippen LogP contribution is 2.29. The number of ketones is 1. The van der Waals surface area contributed by atoms with E-state index in [2.05, 4.69) is 15.0 Å². The Labute approximate surface area is 124 Å². The predicted molar refractivity (Wildman–Crippen MR) is 78.6 cm³/mol. The third-order valence-electron chi connectivity index (χ3n) is 4.24. The van der Waals surface area contributed by atoms with Gasteiger partial charge < -0.3 is 4.57 Å². The average molecular weight is 284 g/mol. The van der Waals surface area contributed by atoms with E-state index in [4.69, 9.17) is 0 Å². The maximum absolute atomic E-state index is 12.9. The quantitative estimate of drug-likeness (QED) is 0.846. The lowest BCUT2D eigenvalue weighted by Crippen LogP contribution is -2.29. The molecule has 1 fully saturated rings. The Kier molecular flexibility index (Phi) is 4.38. The molecule has 1 saturated carbocycles. The van der Waals surface area contributed by atoms with Crippen LogP contribution >= 0.6 is 0 Å². The number of hydrogen-bond acceptors (Lipinski definition) is 4. The van der Waals surface area contributed by atoms with E-state index in [0.29, 0.717) is 12.2 Å². The van der Waals surface area contributed by atoms with Crippen molar-refractivity contribution in [1.82, 2.24) is 19.5 Å². The second-order valence-corrected chi connectivity index (χ2v) is 5.66. The molecule has 2 aromatic heterocycles. The molecule has 1 aliphatic rings. The van der Waals surface area contributed by atoms with E-state index in [1.807, 2.05) is 10.8 Å². The van der Waals surface area contributed by atoms with Gasteiger partial charge in [-0.15, -0.1) is 0 Å². The molecule has 5 heteroatoms. The number of aromatic nitrogens is 4. The van der Waals surface area contributed by atoms with Crippen LogP contribution in [0.1, 0.15) is 43.8 Å². The van der Waals surface area contributed by atoms with Gasteiger partial charge in [0.2, 0.25) is 0 Å². The zero-order chi connectivity index (χ0) is 14.5. The van der Waals surface area contributed by atoms with E-state index in [1.54, 1.807) is 31.1 Å². The van der Waals surface area contributed by atoms with Crippen LogP contribution in [0.2, 0.25) is 0 Å². The number of imidazole rings is 1. The molecule has 0 N–H and O–H groups in total. The molecule has 0 spiro atoms. The van der Waals surface area contributed by atoms with Gasteiger partial charge in [0.25, 0.3) is 0 Å². The molecule has 21 heavy (non-hydrogen) atoms. The first-order valence-corrected chi connectivity index (χ1v) is 7.60.